The van der Waals surface area contributed by atoms with Crippen LogP contribution in [0.1, 0.15) is 42.3 Å². The molecule has 0 aliphatic carbocycles. The van der Waals surface area contributed by atoms with Crippen LogP contribution < -0.4 is 4.74 Å². The molecule has 0 N–H and O–H groups in total. The predicted octanol–water partition coefficient (Wildman–Crippen LogP) is 5.71. The zero-order chi connectivity index (χ0) is 22.4. The first-order valence-corrected chi connectivity index (χ1v) is 9.87. The highest BCUT2D eigenvalue weighted by atomic mass is 19.1. The van der Waals surface area contributed by atoms with Crippen molar-refractivity contribution < 1.29 is 18.7 Å². The summed E-state index contributed by atoms with van der Waals surface area (Å²) in [6.45, 7) is 6.36. The van der Waals surface area contributed by atoms with E-state index in [0.29, 0.717) is 0 Å². The Labute approximate surface area is 181 Å². The van der Waals surface area contributed by atoms with Crippen molar-refractivity contribution in [2.75, 3.05) is 7.11 Å². The van der Waals surface area contributed by atoms with Gasteiger partial charge < -0.3 is 9.47 Å². The van der Waals surface area contributed by atoms with Gasteiger partial charge in [0.2, 0.25) is 0 Å². The number of carbonyl (C=O) groups is 1. The summed E-state index contributed by atoms with van der Waals surface area (Å²) in [5, 5.41) is 0. The van der Waals surface area contributed by atoms with Gasteiger partial charge in [-0.15, -0.1) is 0 Å². The second-order valence-electron chi connectivity index (χ2n) is 8.13. The molecular weight excluding hydrogens is 395 g/mol. The SMILES string of the molecule is COc1cc(F)c(-c2ncc(/C=C/C(C)(C)C)cn2)cc1C(=O)OCc1ccccc1. The fourth-order valence-corrected chi connectivity index (χ4v) is 2.77. The van der Waals surface area contributed by atoms with E-state index in [4.69, 9.17) is 9.47 Å². The summed E-state index contributed by atoms with van der Waals surface area (Å²) >= 11 is 0. The van der Waals surface area contributed by atoms with Gasteiger partial charge in [0.25, 0.3) is 0 Å². The lowest BCUT2D eigenvalue weighted by Crippen LogP contribution is -2.08. The Balaban J connectivity index is 1.86. The highest BCUT2D eigenvalue weighted by Crippen LogP contribution is 2.29. The average molecular weight is 420 g/mol. The molecule has 0 radical (unpaired) electrons. The van der Waals surface area contributed by atoms with Crippen LogP contribution in [0.5, 0.6) is 5.75 Å². The third-order valence-corrected chi connectivity index (χ3v) is 4.41. The molecule has 0 aliphatic rings. The minimum Gasteiger partial charge on any atom is -0.496 e. The third kappa shape index (κ3) is 5.98. The molecule has 0 saturated heterocycles. The van der Waals surface area contributed by atoms with Crippen LogP contribution in [-0.2, 0) is 11.3 Å². The smallest absolute Gasteiger partial charge is 0.342 e. The van der Waals surface area contributed by atoms with Crippen LogP contribution in [0.2, 0.25) is 0 Å². The Morgan fingerprint density at radius 1 is 1.10 bits per heavy atom. The number of hydrogen-bond acceptors (Lipinski definition) is 5. The van der Waals surface area contributed by atoms with E-state index in [9.17, 15) is 9.18 Å². The monoisotopic (exact) mass is 420 g/mol. The van der Waals surface area contributed by atoms with Crippen molar-refractivity contribution in [3.63, 3.8) is 0 Å². The van der Waals surface area contributed by atoms with Gasteiger partial charge in [-0.3, -0.25) is 0 Å². The molecule has 5 nitrogen and oxygen atoms in total. The standard InChI is InChI=1S/C25H25FN2O3/c1-25(2,3)11-10-18-14-27-23(28-15-18)19-12-20(22(30-4)13-21(19)26)24(29)31-16-17-8-6-5-7-9-17/h5-15H,16H2,1-4H3/b11-10+. The molecule has 3 rings (SSSR count). The number of hydrogen-bond donors (Lipinski definition) is 0. The summed E-state index contributed by atoms with van der Waals surface area (Å²) in [7, 11) is 1.37. The van der Waals surface area contributed by atoms with Gasteiger partial charge in [0, 0.05) is 24.0 Å². The van der Waals surface area contributed by atoms with Crippen molar-refractivity contribution in [3.8, 4) is 17.1 Å². The van der Waals surface area contributed by atoms with Crippen LogP contribution in [0, 0.1) is 11.2 Å². The van der Waals surface area contributed by atoms with Crippen LogP contribution in [0.15, 0.2) is 60.9 Å². The number of allylic oxidation sites excluding steroid dienone is 1. The number of nitrogens with zero attached hydrogens (tertiary/aromatic N) is 2. The molecule has 0 unspecified atom stereocenters. The molecule has 31 heavy (non-hydrogen) atoms. The first-order valence-electron chi connectivity index (χ1n) is 9.87. The molecule has 3 aromatic rings. The molecule has 0 aliphatic heterocycles. The molecule has 0 spiro atoms. The zero-order valence-electron chi connectivity index (χ0n) is 18.1. The van der Waals surface area contributed by atoms with Crippen molar-refractivity contribution in [1.29, 1.82) is 0 Å². The maximum absolute atomic E-state index is 14.7. The number of rotatable bonds is 6. The van der Waals surface area contributed by atoms with Crippen molar-refractivity contribution >= 4 is 12.0 Å². The summed E-state index contributed by atoms with van der Waals surface area (Å²) in [4.78, 5) is 21.2. The lowest BCUT2D eigenvalue weighted by atomic mass is 9.96. The third-order valence-electron chi connectivity index (χ3n) is 4.41. The summed E-state index contributed by atoms with van der Waals surface area (Å²) in [5.41, 5.74) is 1.87. The Kier molecular flexibility index (Phi) is 6.80. The molecule has 1 heterocycles. The number of benzene rings is 2. The average Bonchev–Trinajstić information content (AvgIpc) is 2.76. The highest BCUT2D eigenvalue weighted by Gasteiger charge is 2.20. The fourth-order valence-electron chi connectivity index (χ4n) is 2.77. The molecule has 0 amide bonds. The second kappa shape index (κ2) is 9.51. The molecule has 0 saturated carbocycles. The Hall–Kier alpha value is -3.54. The summed E-state index contributed by atoms with van der Waals surface area (Å²) in [6, 6.07) is 11.8. The van der Waals surface area contributed by atoms with E-state index in [1.54, 1.807) is 12.4 Å². The van der Waals surface area contributed by atoms with Gasteiger partial charge >= 0.3 is 5.97 Å². The maximum Gasteiger partial charge on any atom is 0.342 e. The number of esters is 1. The van der Waals surface area contributed by atoms with Crippen molar-refractivity contribution in [2.45, 2.75) is 27.4 Å². The number of halogens is 1. The number of carbonyl (C=O) groups excluding carboxylic acids is 1. The fraction of sp³-hybridized carbons (Fsp3) is 0.240. The lowest BCUT2D eigenvalue weighted by Gasteiger charge is -2.12. The van der Waals surface area contributed by atoms with Crippen LogP contribution in [0.25, 0.3) is 17.5 Å². The summed E-state index contributed by atoms with van der Waals surface area (Å²) in [6.07, 6.45) is 7.18. The van der Waals surface area contributed by atoms with Crippen LogP contribution >= 0.6 is 0 Å². The molecular formula is C25H25FN2O3. The largest absolute Gasteiger partial charge is 0.496 e. The molecule has 6 heteroatoms. The van der Waals surface area contributed by atoms with E-state index in [0.717, 1.165) is 17.2 Å². The Morgan fingerprint density at radius 2 is 1.77 bits per heavy atom. The Morgan fingerprint density at radius 3 is 2.39 bits per heavy atom. The predicted molar refractivity (Wildman–Crippen MR) is 118 cm³/mol. The molecule has 1 aromatic heterocycles. The molecule has 0 atom stereocenters. The minimum atomic E-state index is -0.619. The normalized spacial score (nSPS) is 11.5. The first kappa shape index (κ1) is 22.2. The molecule has 2 aromatic carbocycles. The molecule has 160 valence electrons. The van der Waals surface area contributed by atoms with E-state index in [2.05, 4.69) is 30.7 Å². The lowest BCUT2D eigenvalue weighted by molar-refractivity contribution is 0.0469. The van der Waals surface area contributed by atoms with Gasteiger partial charge in [0.05, 0.1) is 12.7 Å². The first-order chi connectivity index (χ1) is 14.8. The summed E-state index contributed by atoms with van der Waals surface area (Å²) < 4.78 is 25.3. The van der Waals surface area contributed by atoms with E-state index >= 15 is 0 Å². The van der Waals surface area contributed by atoms with E-state index in [-0.39, 0.29) is 34.7 Å². The second-order valence-corrected chi connectivity index (χ2v) is 8.13. The number of aromatic nitrogens is 2. The van der Waals surface area contributed by atoms with Crippen molar-refractivity contribution in [1.82, 2.24) is 9.97 Å². The number of ether oxygens (including phenoxy) is 2. The summed E-state index contributed by atoms with van der Waals surface area (Å²) in [5.74, 6) is -0.949. The van der Waals surface area contributed by atoms with E-state index < -0.39 is 11.8 Å². The van der Waals surface area contributed by atoms with Gasteiger partial charge in [-0.05, 0) is 17.0 Å². The number of methoxy groups -OCH3 is 1. The minimum absolute atomic E-state index is 0.0236. The van der Waals surface area contributed by atoms with Gasteiger partial charge in [0.1, 0.15) is 23.7 Å². The Bertz CT molecular complexity index is 1070. The van der Waals surface area contributed by atoms with Gasteiger partial charge in [-0.25, -0.2) is 19.2 Å². The molecule has 0 fully saturated rings. The van der Waals surface area contributed by atoms with Crippen molar-refractivity contribution in [3.05, 3.63) is 83.4 Å². The highest BCUT2D eigenvalue weighted by molar-refractivity contribution is 5.94. The van der Waals surface area contributed by atoms with Crippen molar-refractivity contribution in [2.24, 2.45) is 5.41 Å². The van der Waals surface area contributed by atoms with Crippen LogP contribution in [-0.4, -0.2) is 23.0 Å². The quantitative estimate of drug-likeness (QED) is 0.478. The van der Waals surface area contributed by atoms with Gasteiger partial charge in [0.15, 0.2) is 5.82 Å². The zero-order valence-corrected chi connectivity index (χ0v) is 18.1. The van der Waals surface area contributed by atoms with Crippen LogP contribution in [0.3, 0.4) is 0 Å². The van der Waals surface area contributed by atoms with Crippen LogP contribution in [0.4, 0.5) is 4.39 Å². The van der Waals surface area contributed by atoms with E-state index in [1.165, 1.54) is 13.2 Å². The topological polar surface area (TPSA) is 61.3 Å². The van der Waals surface area contributed by atoms with Gasteiger partial charge in [-0.1, -0.05) is 63.3 Å². The van der Waals surface area contributed by atoms with E-state index in [1.807, 2.05) is 42.5 Å². The maximum atomic E-state index is 14.7. The van der Waals surface area contributed by atoms with Gasteiger partial charge in [-0.2, -0.15) is 0 Å². The molecule has 0 bridgehead atoms.